The summed E-state index contributed by atoms with van der Waals surface area (Å²) in [7, 11) is 1.54. The molecular weight excluding hydrogens is 372 g/mol. The number of methoxy groups -OCH3 is 1. The predicted octanol–water partition coefficient (Wildman–Crippen LogP) is 5.19. The number of carbonyl (C=O) groups is 1. The number of hydrogen-bond acceptors (Lipinski definition) is 5. The molecule has 0 aliphatic carbocycles. The SMILES string of the molecule is COc1ccc(Cl)cc1NC(=O)c1ccccc1SCc1cc(C)no1. The fourth-order valence-electron chi connectivity index (χ4n) is 2.38. The van der Waals surface area contributed by atoms with Crippen molar-refractivity contribution in [1.82, 2.24) is 5.16 Å². The molecule has 7 heteroatoms. The zero-order chi connectivity index (χ0) is 18.5. The van der Waals surface area contributed by atoms with Gasteiger partial charge in [0.05, 0.1) is 29.8 Å². The Morgan fingerprint density at radius 1 is 1.27 bits per heavy atom. The minimum absolute atomic E-state index is 0.234. The number of carbonyl (C=O) groups excluding carboxylic acids is 1. The van der Waals surface area contributed by atoms with Gasteiger partial charge < -0.3 is 14.6 Å². The molecule has 0 aliphatic heterocycles. The molecular formula is C19H17ClN2O3S. The predicted molar refractivity (Wildman–Crippen MR) is 103 cm³/mol. The van der Waals surface area contributed by atoms with Gasteiger partial charge in [0.15, 0.2) is 0 Å². The van der Waals surface area contributed by atoms with Crippen LogP contribution in [0.2, 0.25) is 5.02 Å². The summed E-state index contributed by atoms with van der Waals surface area (Å²) in [4.78, 5) is 13.6. The average Bonchev–Trinajstić information content (AvgIpc) is 3.06. The third-order valence-electron chi connectivity index (χ3n) is 3.59. The van der Waals surface area contributed by atoms with Gasteiger partial charge in [-0.15, -0.1) is 11.8 Å². The molecule has 1 aromatic heterocycles. The van der Waals surface area contributed by atoms with Gasteiger partial charge in [-0.1, -0.05) is 28.9 Å². The van der Waals surface area contributed by atoms with Crippen molar-refractivity contribution in [3.8, 4) is 5.75 Å². The highest BCUT2D eigenvalue weighted by molar-refractivity contribution is 7.98. The fourth-order valence-corrected chi connectivity index (χ4v) is 3.48. The monoisotopic (exact) mass is 388 g/mol. The zero-order valence-corrected chi connectivity index (χ0v) is 15.9. The second-order valence-corrected chi connectivity index (χ2v) is 6.97. The first kappa shape index (κ1) is 18.4. The molecule has 0 radical (unpaired) electrons. The van der Waals surface area contributed by atoms with Gasteiger partial charge in [-0.05, 0) is 37.3 Å². The van der Waals surface area contributed by atoms with Crippen LogP contribution in [0.15, 0.2) is 57.9 Å². The van der Waals surface area contributed by atoms with E-state index >= 15 is 0 Å². The summed E-state index contributed by atoms with van der Waals surface area (Å²) >= 11 is 7.54. The Labute approximate surface area is 160 Å². The zero-order valence-electron chi connectivity index (χ0n) is 14.3. The van der Waals surface area contributed by atoms with Gasteiger partial charge in [0.1, 0.15) is 11.5 Å². The lowest BCUT2D eigenvalue weighted by atomic mass is 10.2. The topological polar surface area (TPSA) is 64.4 Å². The van der Waals surface area contributed by atoms with E-state index in [4.69, 9.17) is 20.9 Å². The summed E-state index contributed by atoms with van der Waals surface area (Å²) < 4.78 is 10.5. The van der Waals surface area contributed by atoms with Gasteiger partial charge in [-0.25, -0.2) is 0 Å². The molecule has 1 N–H and O–H groups in total. The van der Waals surface area contributed by atoms with E-state index in [0.717, 1.165) is 16.3 Å². The Bertz CT molecular complexity index is 927. The Morgan fingerprint density at radius 2 is 2.08 bits per heavy atom. The van der Waals surface area contributed by atoms with Gasteiger partial charge in [0.2, 0.25) is 0 Å². The molecule has 0 bridgehead atoms. The molecule has 5 nitrogen and oxygen atoms in total. The minimum Gasteiger partial charge on any atom is -0.495 e. The van der Waals surface area contributed by atoms with E-state index in [-0.39, 0.29) is 5.91 Å². The van der Waals surface area contributed by atoms with Crippen LogP contribution in [0.1, 0.15) is 21.8 Å². The number of anilines is 1. The van der Waals surface area contributed by atoms with Crippen molar-refractivity contribution < 1.29 is 14.1 Å². The number of aromatic nitrogens is 1. The molecule has 3 aromatic rings. The molecule has 134 valence electrons. The number of rotatable bonds is 6. The summed E-state index contributed by atoms with van der Waals surface area (Å²) in [6, 6.07) is 14.4. The molecule has 2 aromatic carbocycles. The fraction of sp³-hybridized carbons (Fsp3) is 0.158. The van der Waals surface area contributed by atoms with Gasteiger partial charge in [0, 0.05) is 16.0 Å². The molecule has 0 fully saturated rings. The molecule has 1 heterocycles. The summed E-state index contributed by atoms with van der Waals surface area (Å²) in [6.07, 6.45) is 0. The summed E-state index contributed by atoms with van der Waals surface area (Å²) in [5, 5.41) is 7.26. The summed E-state index contributed by atoms with van der Waals surface area (Å²) in [5.41, 5.74) is 1.92. The van der Waals surface area contributed by atoms with Crippen molar-refractivity contribution in [3.05, 3.63) is 70.6 Å². The van der Waals surface area contributed by atoms with E-state index < -0.39 is 0 Å². The molecule has 3 rings (SSSR count). The van der Waals surface area contributed by atoms with Crippen LogP contribution >= 0.6 is 23.4 Å². The lowest BCUT2D eigenvalue weighted by molar-refractivity contribution is 0.102. The van der Waals surface area contributed by atoms with Crippen molar-refractivity contribution >= 4 is 35.0 Å². The number of nitrogens with zero attached hydrogens (tertiary/aromatic N) is 1. The number of ether oxygens (including phenoxy) is 1. The highest BCUT2D eigenvalue weighted by atomic mass is 35.5. The molecule has 0 saturated heterocycles. The lowest BCUT2D eigenvalue weighted by Gasteiger charge is -2.12. The minimum atomic E-state index is -0.234. The van der Waals surface area contributed by atoms with E-state index in [1.54, 1.807) is 31.4 Å². The van der Waals surface area contributed by atoms with Crippen LogP contribution < -0.4 is 10.1 Å². The average molecular weight is 389 g/mol. The summed E-state index contributed by atoms with van der Waals surface area (Å²) in [5.74, 6) is 1.66. The Balaban J connectivity index is 1.78. The number of hydrogen-bond donors (Lipinski definition) is 1. The molecule has 26 heavy (non-hydrogen) atoms. The van der Waals surface area contributed by atoms with Crippen molar-refractivity contribution in [2.75, 3.05) is 12.4 Å². The van der Waals surface area contributed by atoms with Crippen LogP contribution in [-0.4, -0.2) is 18.2 Å². The molecule has 0 aliphatic rings. The highest BCUT2D eigenvalue weighted by Crippen LogP contribution is 2.30. The number of aryl methyl sites for hydroxylation is 1. The van der Waals surface area contributed by atoms with Gasteiger partial charge >= 0.3 is 0 Å². The van der Waals surface area contributed by atoms with Crippen molar-refractivity contribution in [1.29, 1.82) is 0 Å². The maximum Gasteiger partial charge on any atom is 0.256 e. The number of thioether (sulfide) groups is 1. The third kappa shape index (κ3) is 4.39. The van der Waals surface area contributed by atoms with Crippen LogP contribution in [0.25, 0.3) is 0 Å². The molecule has 1 amide bonds. The van der Waals surface area contributed by atoms with Crippen LogP contribution in [0.5, 0.6) is 5.75 Å². The first-order valence-electron chi connectivity index (χ1n) is 7.85. The Hall–Kier alpha value is -2.44. The van der Waals surface area contributed by atoms with Gasteiger partial charge in [-0.2, -0.15) is 0 Å². The van der Waals surface area contributed by atoms with Crippen molar-refractivity contribution in [2.24, 2.45) is 0 Å². The van der Waals surface area contributed by atoms with E-state index in [0.29, 0.717) is 27.8 Å². The number of halogens is 1. The van der Waals surface area contributed by atoms with E-state index in [2.05, 4.69) is 10.5 Å². The summed E-state index contributed by atoms with van der Waals surface area (Å²) in [6.45, 7) is 1.87. The quantitative estimate of drug-likeness (QED) is 0.588. The van der Waals surface area contributed by atoms with E-state index in [9.17, 15) is 4.79 Å². The molecule has 0 spiro atoms. The van der Waals surface area contributed by atoms with Crippen molar-refractivity contribution in [2.45, 2.75) is 17.6 Å². The lowest BCUT2D eigenvalue weighted by Crippen LogP contribution is -2.13. The Morgan fingerprint density at radius 3 is 2.81 bits per heavy atom. The molecule has 0 unspecified atom stereocenters. The number of amides is 1. The first-order valence-corrected chi connectivity index (χ1v) is 9.22. The van der Waals surface area contributed by atoms with Gasteiger partial charge in [0.25, 0.3) is 5.91 Å². The second kappa shape index (κ2) is 8.29. The smallest absolute Gasteiger partial charge is 0.256 e. The normalized spacial score (nSPS) is 10.6. The Kier molecular flexibility index (Phi) is 5.85. The number of nitrogens with one attached hydrogen (secondary N) is 1. The van der Waals surface area contributed by atoms with E-state index in [1.165, 1.54) is 11.8 Å². The molecule has 0 atom stereocenters. The van der Waals surface area contributed by atoms with E-state index in [1.807, 2.05) is 31.2 Å². The van der Waals surface area contributed by atoms with Crippen molar-refractivity contribution in [3.63, 3.8) is 0 Å². The molecule has 0 saturated carbocycles. The largest absolute Gasteiger partial charge is 0.495 e. The highest BCUT2D eigenvalue weighted by Gasteiger charge is 2.15. The maximum atomic E-state index is 12.8. The van der Waals surface area contributed by atoms with Crippen LogP contribution in [0, 0.1) is 6.92 Å². The second-order valence-electron chi connectivity index (χ2n) is 5.52. The number of benzene rings is 2. The van der Waals surface area contributed by atoms with Crippen LogP contribution in [0.4, 0.5) is 5.69 Å². The van der Waals surface area contributed by atoms with Crippen LogP contribution in [0.3, 0.4) is 0 Å². The van der Waals surface area contributed by atoms with Gasteiger partial charge in [-0.3, -0.25) is 4.79 Å². The third-order valence-corrected chi connectivity index (χ3v) is 4.92. The maximum absolute atomic E-state index is 12.8. The standard InChI is InChI=1S/C19H17ClN2O3S/c1-12-9-14(25-22-12)11-26-18-6-4-3-5-15(18)19(23)21-16-10-13(20)7-8-17(16)24-2/h3-10H,11H2,1-2H3,(H,21,23). The van der Waals surface area contributed by atoms with Crippen LogP contribution in [-0.2, 0) is 5.75 Å². The first-order chi connectivity index (χ1) is 12.6.